The number of hydrogen-bond donors (Lipinski definition) is 1. The second kappa shape index (κ2) is 3.76. The average Bonchev–Trinajstić information content (AvgIpc) is 2.17. The molecule has 1 aromatic rings. The van der Waals surface area contributed by atoms with Crippen LogP contribution in [0.4, 0.5) is 0 Å². The van der Waals surface area contributed by atoms with Crippen LogP contribution in [0.15, 0.2) is 29.4 Å². The van der Waals surface area contributed by atoms with Gasteiger partial charge >= 0.3 is 0 Å². The van der Waals surface area contributed by atoms with Crippen LogP contribution in [-0.2, 0) is 0 Å². The van der Waals surface area contributed by atoms with E-state index in [1.54, 1.807) is 7.11 Å². The molecule has 3 heteroatoms. The molecule has 0 aromatic heterocycles. The van der Waals surface area contributed by atoms with Gasteiger partial charge in [-0.15, -0.1) is 0 Å². The van der Waals surface area contributed by atoms with Gasteiger partial charge in [0.05, 0.1) is 12.8 Å². The Morgan fingerprint density at radius 1 is 1.50 bits per heavy atom. The van der Waals surface area contributed by atoms with Crippen LogP contribution >= 0.6 is 0 Å². The molecule has 0 fully saturated rings. The molecule has 0 bridgehead atoms. The van der Waals surface area contributed by atoms with E-state index in [0.717, 1.165) is 17.0 Å². The topological polar surface area (TPSA) is 47.6 Å². The van der Waals surface area contributed by atoms with Gasteiger partial charge in [-0.2, -0.15) is 5.10 Å². The number of hydrogen-bond acceptors (Lipinski definition) is 3. The van der Waals surface area contributed by atoms with Crippen LogP contribution in [0, 0.1) is 0 Å². The van der Waals surface area contributed by atoms with Gasteiger partial charge in [0.25, 0.3) is 0 Å². The molecular formula is C9H12N2O. The van der Waals surface area contributed by atoms with E-state index in [9.17, 15) is 0 Å². The van der Waals surface area contributed by atoms with Crippen molar-refractivity contribution in [1.82, 2.24) is 0 Å². The van der Waals surface area contributed by atoms with Crippen molar-refractivity contribution in [2.24, 2.45) is 10.9 Å². The third-order valence-electron chi connectivity index (χ3n) is 1.68. The number of rotatable bonds is 2. The minimum Gasteiger partial charge on any atom is -0.497 e. The van der Waals surface area contributed by atoms with Crippen molar-refractivity contribution in [1.29, 1.82) is 0 Å². The Kier molecular flexibility index (Phi) is 2.69. The van der Waals surface area contributed by atoms with Gasteiger partial charge in [0, 0.05) is 5.56 Å². The number of nitrogens with two attached hydrogens (primary N) is 1. The number of ether oxygens (including phenoxy) is 1. The van der Waals surface area contributed by atoms with Crippen LogP contribution in [0.5, 0.6) is 5.75 Å². The summed E-state index contributed by atoms with van der Waals surface area (Å²) >= 11 is 0. The van der Waals surface area contributed by atoms with Crippen molar-refractivity contribution >= 4 is 5.71 Å². The minimum atomic E-state index is 0.800. The molecule has 0 aliphatic rings. The normalized spacial score (nSPS) is 11.3. The van der Waals surface area contributed by atoms with Gasteiger partial charge in [0.15, 0.2) is 0 Å². The lowest BCUT2D eigenvalue weighted by molar-refractivity contribution is 0.414. The molecule has 3 nitrogen and oxygen atoms in total. The molecule has 64 valence electrons. The highest BCUT2D eigenvalue weighted by Crippen LogP contribution is 2.12. The number of methoxy groups -OCH3 is 1. The van der Waals surface area contributed by atoms with Gasteiger partial charge < -0.3 is 10.6 Å². The zero-order valence-corrected chi connectivity index (χ0v) is 7.24. The van der Waals surface area contributed by atoms with Crippen LogP contribution in [0.2, 0.25) is 0 Å². The lowest BCUT2D eigenvalue weighted by Crippen LogP contribution is -1.98. The molecular weight excluding hydrogens is 152 g/mol. The smallest absolute Gasteiger partial charge is 0.119 e. The predicted octanol–water partition coefficient (Wildman–Crippen LogP) is 1.38. The van der Waals surface area contributed by atoms with E-state index in [4.69, 9.17) is 10.6 Å². The largest absolute Gasteiger partial charge is 0.497 e. The molecule has 0 saturated heterocycles. The lowest BCUT2D eigenvalue weighted by Gasteiger charge is -2.02. The molecule has 0 unspecified atom stereocenters. The highest BCUT2D eigenvalue weighted by molar-refractivity contribution is 5.98. The van der Waals surface area contributed by atoms with Gasteiger partial charge in [-0.05, 0) is 19.1 Å². The molecule has 0 heterocycles. The molecule has 0 atom stereocenters. The zero-order valence-electron chi connectivity index (χ0n) is 7.24. The molecule has 0 aliphatic heterocycles. The van der Waals surface area contributed by atoms with E-state index in [1.807, 2.05) is 31.2 Å². The summed E-state index contributed by atoms with van der Waals surface area (Å²) in [6.45, 7) is 1.86. The first kappa shape index (κ1) is 8.59. The molecule has 0 aliphatic carbocycles. The third-order valence-corrected chi connectivity index (χ3v) is 1.68. The maximum atomic E-state index is 5.14. The van der Waals surface area contributed by atoms with Crippen molar-refractivity contribution in [3.8, 4) is 5.75 Å². The molecule has 0 amide bonds. The Morgan fingerprint density at radius 3 is 2.83 bits per heavy atom. The number of benzene rings is 1. The Balaban J connectivity index is 3.02. The van der Waals surface area contributed by atoms with Gasteiger partial charge in [0.1, 0.15) is 5.75 Å². The van der Waals surface area contributed by atoms with Crippen molar-refractivity contribution in [2.75, 3.05) is 7.11 Å². The fourth-order valence-electron chi connectivity index (χ4n) is 0.923. The maximum Gasteiger partial charge on any atom is 0.119 e. The second-order valence-corrected chi connectivity index (χ2v) is 2.45. The summed E-state index contributed by atoms with van der Waals surface area (Å²) in [5.41, 5.74) is 1.78. The first-order chi connectivity index (χ1) is 5.77. The van der Waals surface area contributed by atoms with E-state index in [-0.39, 0.29) is 0 Å². The lowest BCUT2D eigenvalue weighted by atomic mass is 10.1. The van der Waals surface area contributed by atoms with Gasteiger partial charge in [-0.3, -0.25) is 0 Å². The van der Waals surface area contributed by atoms with Gasteiger partial charge in [-0.25, -0.2) is 0 Å². The van der Waals surface area contributed by atoms with E-state index in [2.05, 4.69) is 5.10 Å². The summed E-state index contributed by atoms with van der Waals surface area (Å²) in [7, 11) is 1.63. The standard InChI is InChI=1S/C9H12N2O/c1-7(11-10)8-4-3-5-9(6-8)12-2/h3-6H,10H2,1-2H3/b11-7+. The van der Waals surface area contributed by atoms with Crippen LogP contribution in [-0.4, -0.2) is 12.8 Å². The first-order valence-electron chi connectivity index (χ1n) is 3.67. The summed E-state index contributed by atoms with van der Waals surface area (Å²) in [4.78, 5) is 0. The Labute approximate surface area is 71.8 Å². The summed E-state index contributed by atoms with van der Waals surface area (Å²) in [5.74, 6) is 5.96. The van der Waals surface area contributed by atoms with Crippen molar-refractivity contribution < 1.29 is 4.74 Å². The fraction of sp³-hybridized carbons (Fsp3) is 0.222. The zero-order chi connectivity index (χ0) is 8.97. The van der Waals surface area contributed by atoms with Crippen LogP contribution in [0.25, 0.3) is 0 Å². The average molecular weight is 164 g/mol. The van der Waals surface area contributed by atoms with Crippen LogP contribution < -0.4 is 10.6 Å². The van der Waals surface area contributed by atoms with Gasteiger partial charge in [-0.1, -0.05) is 12.1 Å². The van der Waals surface area contributed by atoms with E-state index >= 15 is 0 Å². The fourth-order valence-corrected chi connectivity index (χ4v) is 0.923. The highest BCUT2D eigenvalue weighted by atomic mass is 16.5. The summed E-state index contributed by atoms with van der Waals surface area (Å²) < 4.78 is 5.05. The Hall–Kier alpha value is -1.51. The third kappa shape index (κ3) is 1.75. The molecule has 2 N–H and O–H groups in total. The summed E-state index contributed by atoms with van der Waals surface area (Å²) in [6.07, 6.45) is 0. The van der Waals surface area contributed by atoms with E-state index in [0.29, 0.717) is 0 Å². The quantitative estimate of drug-likeness (QED) is 0.408. The molecule has 12 heavy (non-hydrogen) atoms. The van der Waals surface area contributed by atoms with Crippen molar-refractivity contribution in [3.05, 3.63) is 29.8 Å². The molecule has 0 saturated carbocycles. The van der Waals surface area contributed by atoms with Crippen molar-refractivity contribution in [3.63, 3.8) is 0 Å². The molecule has 1 rings (SSSR count). The van der Waals surface area contributed by atoms with Gasteiger partial charge in [0.2, 0.25) is 0 Å². The van der Waals surface area contributed by atoms with Crippen LogP contribution in [0.3, 0.4) is 0 Å². The second-order valence-electron chi connectivity index (χ2n) is 2.45. The number of nitrogens with zero attached hydrogens (tertiary/aromatic N) is 1. The summed E-state index contributed by atoms with van der Waals surface area (Å²) in [5, 5.41) is 3.60. The van der Waals surface area contributed by atoms with Crippen molar-refractivity contribution in [2.45, 2.75) is 6.92 Å². The van der Waals surface area contributed by atoms with Crippen LogP contribution in [0.1, 0.15) is 12.5 Å². The van der Waals surface area contributed by atoms with E-state index in [1.165, 1.54) is 0 Å². The SMILES string of the molecule is COc1cccc(/C(C)=N/N)c1. The minimum absolute atomic E-state index is 0.800. The Morgan fingerprint density at radius 2 is 2.25 bits per heavy atom. The number of hydrazone groups is 1. The molecule has 1 aromatic carbocycles. The monoisotopic (exact) mass is 164 g/mol. The first-order valence-corrected chi connectivity index (χ1v) is 3.67. The highest BCUT2D eigenvalue weighted by Gasteiger charge is 1.97. The Bertz CT molecular complexity index is 294. The van der Waals surface area contributed by atoms with E-state index < -0.39 is 0 Å². The molecule has 0 spiro atoms. The molecule has 0 radical (unpaired) electrons. The summed E-state index contributed by atoms with van der Waals surface area (Å²) in [6, 6.07) is 7.62. The maximum absolute atomic E-state index is 5.14. The predicted molar refractivity (Wildman–Crippen MR) is 49.4 cm³/mol.